The first-order valence-corrected chi connectivity index (χ1v) is 6.47. The van der Waals surface area contributed by atoms with Gasteiger partial charge in [-0.3, -0.25) is 4.79 Å². The molecule has 0 bridgehead atoms. The molecule has 0 aliphatic rings. The van der Waals surface area contributed by atoms with Crippen LogP contribution in [0.25, 0.3) is 0 Å². The molecule has 158 valence electrons. The molecule has 11 nitrogen and oxygen atoms in total. The first-order chi connectivity index (χ1) is 12.4. The van der Waals surface area contributed by atoms with Crippen LogP contribution in [0.15, 0.2) is 38.0 Å². The molecule has 0 unspecified atom stereocenters. The molecule has 0 amide bonds. The average molecular weight is 466 g/mol. The smallest absolute Gasteiger partial charge is 1.00 e. The number of carbonyl (C=O) groups excluding carboxylic acids is 3. The molecular formula is C15H30K2O11. The Morgan fingerprint density at radius 3 is 1.36 bits per heavy atom. The van der Waals surface area contributed by atoms with Crippen LogP contribution in [-0.4, -0.2) is 70.1 Å². The van der Waals surface area contributed by atoms with Crippen LogP contribution < -0.4 is 108 Å². The van der Waals surface area contributed by atoms with E-state index in [0.29, 0.717) is 0 Å². The van der Waals surface area contributed by atoms with Crippen molar-refractivity contribution in [2.45, 2.75) is 0 Å². The number of hydrogen-bond acceptors (Lipinski definition) is 11. The minimum absolute atomic E-state index is 0. The minimum Gasteiger partial charge on any atom is -1.00 e. The Hall–Kier alpha value is 0.383. The van der Waals surface area contributed by atoms with Crippen molar-refractivity contribution >= 4 is 18.8 Å². The number of hydrogen-bond donors (Lipinski definition) is 2. The van der Waals surface area contributed by atoms with Crippen molar-refractivity contribution in [2.24, 2.45) is 0 Å². The molecule has 0 radical (unpaired) electrons. The number of rotatable bonds is 6. The first kappa shape index (κ1) is 46.5. The van der Waals surface area contributed by atoms with Crippen molar-refractivity contribution in [2.75, 3.05) is 41.2 Å². The Balaban J connectivity index is -0.0000000277. The van der Waals surface area contributed by atoms with Gasteiger partial charge < -0.3 is 40.7 Å². The molecule has 0 spiro atoms. The zero-order valence-corrected chi connectivity index (χ0v) is 23.4. The molecule has 28 heavy (non-hydrogen) atoms. The summed E-state index contributed by atoms with van der Waals surface area (Å²) >= 11 is 0. The third kappa shape index (κ3) is 82.2. The first-order valence-electron chi connectivity index (χ1n) is 6.47. The number of aliphatic hydroxyl groups is 2. The van der Waals surface area contributed by atoms with E-state index >= 15 is 0 Å². The van der Waals surface area contributed by atoms with E-state index in [-0.39, 0.29) is 132 Å². The van der Waals surface area contributed by atoms with Gasteiger partial charge in [-0.15, -0.1) is 6.58 Å². The fourth-order valence-electron chi connectivity index (χ4n) is 0.379. The summed E-state index contributed by atoms with van der Waals surface area (Å²) in [5.74, 6) is 0. The van der Waals surface area contributed by atoms with E-state index < -0.39 is 12.3 Å². The third-order valence-electron chi connectivity index (χ3n) is 1.14. The summed E-state index contributed by atoms with van der Waals surface area (Å²) in [6.45, 7) is 10.2. The Morgan fingerprint density at radius 2 is 1.25 bits per heavy atom. The Bertz CT molecular complexity index is 323. The monoisotopic (exact) mass is 465 g/mol. The molecular weight excluding hydrogens is 434 g/mol. The van der Waals surface area contributed by atoms with E-state index in [1.165, 1.54) is 32.4 Å². The van der Waals surface area contributed by atoms with Gasteiger partial charge >= 0.3 is 115 Å². The standard InChI is InChI=1S/C7H10O3.C3H6O3.C3H6O.CH2O3.CH4O.2K.H2.H/c1-3-5-9-7(8)10-6-4-2;1-5-3(4)6-2;1-2-3-4;2-1-4-3;1-2;;;;/h3-4H,1-2,5-6H2;1-2H3;2,4H,1,3H2;1,3H;2H,1H3;;;1H;/q;;;;;2*+1;;-1/p-1/i;;;;;;;1+1;. The molecule has 0 aromatic carbocycles. The van der Waals surface area contributed by atoms with Crippen LogP contribution in [0.5, 0.6) is 0 Å². The van der Waals surface area contributed by atoms with Crippen LogP contribution in [-0.2, 0) is 28.6 Å². The van der Waals surface area contributed by atoms with Gasteiger partial charge in [0, 0.05) is 8.54 Å². The van der Waals surface area contributed by atoms with Crippen LogP contribution >= 0.6 is 0 Å². The van der Waals surface area contributed by atoms with Crippen LogP contribution in [0.4, 0.5) is 9.59 Å². The number of carbonyl (C=O) groups is 3. The summed E-state index contributed by atoms with van der Waals surface area (Å²) in [6.07, 6.45) is 3.01. The van der Waals surface area contributed by atoms with Gasteiger partial charge in [-0.1, -0.05) is 31.4 Å². The molecule has 0 aliphatic heterocycles. The number of ether oxygens (including phenoxy) is 4. The Kier molecular flexibility index (Phi) is 93.8. The fraction of sp³-hybridized carbons (Fsp3) is 0.400. The molecule has 0 saturated heterocycles. The van der Waals surface area contributed by atoms with E-state index in [1.807, 2.05) is 0 Å². The second kappa shape index (κ2) is 56.4. The number of methoxy groups -OCH3 is 2. The largest absolute Gasteiger partial charge is 1.00 e. The van der Waals surface area contributed by atoms with Crippen molar-refractivity contribution in [3.8, 4) is 0 Å². The van der Waals surface area contributed by atoms with Crippen LogP contribution in [0.1, 0.15) is 2.85 Å². The molecule has 0 aromatic heterocycles. The van der Waals surface area contributed by atoms with Gasteiger partial charge in [0.25, 0.3) is 6.47 Å². The number of aliphatic hydroxyl groups excluding tert-OH is 2. The van der Waals surface area contributed by atoms with E-state index in [2.05, 4.69) is 43.6 Å². The van der Waals surface area contributed by atoms with Crippen LogP contribution in [0.3, 0.4) is 0 Å². The molecule has 0 aliphatic carbocycles. The van der Waals surface area contributed by atoms with Gasteiger partial charge in [-0.25, -0.2) is 9.59 Å². The molecule has 0 fully saturated rings. The van der Waals surface area contributed by atoms with Gasteiger partial charge in [0.15, 0.2) is 0 Å². The quantitative estimate of drug-likeness (QED) is 0.0961. The van der Waals surface area contributed by atoms with Crippen molar-refractivity contribution in [1.82, 2.24) is 0 Å². The summed E-state index contributed by atoms with van der Waals surface area (Å²) in [6, 6.07) is 0. The molecule has 13 heteroatoms. The topological polar surface area (TPSA) is 161 Å². The fourth-order valence-corrected chi connectivity index (χ4v) is 0.379. The predicted octanol–water partition coefficient (Wildman–Crippen LogP) is -5.51. The van der Waals surface area contributed by atoms with E-state index in [4.69, 9.17) is 20.3 Å². The maximum atomic E-state index is 10.4. The summed E-state index contributed by atoms with van der Waals surface area (Å²) in [7, 11) is 3.51. The van der Waals surface area contributed by atoms with Crippen LogP contribution in [0, 0.1) is 0 Å². The SMILES string of the molecule is C=CCO.C=CCOC(=O)OCC=C.CO.COC(=O)OC.O=CO[O-].[2HH].[H-].[K+].[K+]. The van der Waals surface area contributed by atoms with Crippen LogP contribution in [0.2, 0.25) is 0 Å². The van der Waals surface area contributed by atoms with Crippen molar-refractivity contribution in [3.05, 3.63) is 38.0 Å². The van der Waals surface area contributed by atoms with Gasteiger partial charge in [-0.2, -0.15) is 0 Å². The summed E-state index contributed by atoms with van der Waals surface area (Å²) in [5.41, 5.74) is 0. The predicted molar refractivity (Wildman–Crippen MR) is 92.9 cm³/mol. The van der Waals surface area contributed by atoms with Crippen molar-refractivity contribution in [3.63, 3.8) is 0 Å². The molecule has 0 heterocycles. The van der Waals surface area contributed by atoms with Gasteiger partial charge in [0.05, 0.1) is 20.8 Å². The van der Waals surface area contributed by atoms with Gasteiger partial charge in [-0.05, 0) is 0 Å². The second-order valence-electron chi connectivity index (χ2n) is 2.77. The van der Waals surface area contributed by atoms with Gasteiger partial charge in [0.2, 0.25) is 0 Å². The van der Waals surface area contributed by atoms with Crippen molar-refractivity contribution < 1.29 is 159 Å². The van der Waals surface area contributed by atoms with E-state index in [0.717, 1.165) is 7.11 Å². The van der Waals surface area contributed by atoms with Crippen molar-refractivity contribution in [1.29, 1.82) is 0 Å². The zero-order chi connectivity index (χ0) is 21.6. The summed E-state index contributed by atoms with van der Waals surface area (Å²) in [4.78, 5) is 31.4. The molecule has 2 N–H and O–H groups in total. The molecule has 0 saturated carbocycles. The molecule has 0 aromatic rings. The van der Waals surface area contributed by atoms with E-state index in [1.54, 1.807) is 0 Å². The maximum absolute atomic E-state index is 10.4. The third-order valence-corrected chi connectivity index (χ3v) is 1.14. The average Bonchev–Trinajstić information content (AvgIpc) is 2.72. The normalized spacial score (nSPS) is 6.21. The van der Waals surface area contributed by atoms with Gasteiger partial charge in [0.1, 0.15) is 13.2 Å². The molecule has 0 atom stereocenters. The minimum atomic E-state index is -0.695. The van der Waals surface area contributed by atoms with E-state index in [9.17, 15) is 9.59 Å². The molecule has 0 rings (SSSR count). The maximum Gasteiger partial charge on any atom is 1.00 e. The Morgan fingerprint density at radius 1 is 0.964 bits per heavy atom. The summed E-state index contributed by atoms with van der Waals surface area (Å²) < 4.78 is 17.0. The Labute approximate surface area is 253 Å². The zero-order valence-electron chi connectivity index (χ0n) is 18.1. The summed E-state index contributed by atoms with van der Waals surface area (Å²) in [5, 5.41) is 23.2. The second-order valence-corrected chi connectivity index (χ2v) is 2.77.